The molecule has 0 atom stereocenters. The predicted octanol–water partition coefficient (Wildman–Crippen LogP) is 6.14. The van der Waals surface area contributed by atoms with Crippen molar-refractivity contribution in [2.75, 3.05) is 12.4 Å². The van der Waals surface area contributed by atoms with Crippen LogP contribution in [0.3, 0.4) is 0 Å². The summed E-state index contributed by atoms with van der Waals surface area (Å²) in [6, 6.07) is 12.0. The highest BCUT2D eigenvalue weighted by atomic mass is 32.2. The second-order valence-corrected chi connectivity index (χ2v) is 8.20. The van der Waals surface area contributed by atoms with E-state index in [-0.39, 0.29) is 26.9 Å². The summed E-state index contributed by atoms with van der Waals surface area (Å²) in [6.45, 7) is 2.65. The van der Waals surface area contributed by atoms with Crippen LogP contribution in [0.2, 0.25) is 0 Å². The Morgan fingerprint density at radius 3 is 1.78 bits per heavy atom. The number of nitrogens with one attached hydrogen (secondary N) is 1. The third-order valence-electron chi connectivity index (χ3n) is 3.96. The smallest absolute Gasteiger partial charge is 0.388 e. The van der Waals surface area contributed by atoms with Crippen LogP contribution in [-0.4, -0.2) is 17.3 Å². The maximum atomic E-state index is 13.8. The summed E-state index contributed by atoms with van der Waals surface area (Å²) in [5.74, 6) is 5.54. The lowest BCUT2D eigenvalue weighted by Crippen LogP contribution is -2.09. The number of halogens is 3. The van der Waals surface area contributed by atoms with Gasteiger partial charge in [-0.1, -0.05) is 48.2 Å². The maximum Gasteiger partial charge on any atom is 0.417 e. The molecular weight excluding hydrogens is 455 g/mol. The van der Waals surface area contributed by atoms with E-state index in [0.29, 0.717) is 23.0 Å². The van der Waals surface area contributed by atoms with Gasteiger partial charge in [0.15, 0.2) is 10.2 Å². The van der Waals surface area contributed by atoms with Crippen LogP contribution < -0.4 is 5.32 Å². The van der Waals surface area contributed by atoms with Crippen molar-refractivity contribution in [2.45, 2.75) is 20.0 Å². The van der Waals surface area contributed by atoms with E-state index in [4.69, 9.17) is 0 Å². The number of alkyl halides is 3. The van der Waals surface area contributed by atoms with Crippen LogP contribution >= 0.6 is 23.5 Å². The molecule has 0 aliphatic heterocycles. The third-order valence-corrected chi connectivity index (χ3v) is 4.94. The summed E-state index contributed by atoms with van der Waals surface area (Å²) in [4.78, 5) is 22.7. The van der Waals surface area contributed by atoms with E-state index in [9.17, 15) is 22.8 Å². The summed E-state index contributed by atoms with van der Waals surface area (Å²) in [5.41, 5.74) is 0.300. The third kappa shape index (κ3) is 6.98. The average molecular weight is 474 g/mol. The highest BCUT2D eigenvalue weighted by Crippen LogP contribution is 2.38. The number of rotatable bonds is 3. The molecule has 0 radical (unpaired) electrons. The van der Waals surface area contributed by atoms with E-state index in [1.165, 1.54) is 32.0 Å². The summed E-state index contributed by atoms with van der Waals surface area (Å²) in [7, 11) is 1.68. The molecule has 0 saturated heterocycles. The number of anilines is 1. The van der Waals surface area contributed by atoms with Crippen molar-refractivity contribution in [3.8, 4) is 22.3 Å². The second-order valence-electron chi connectivity index (χ2n) is 6.23. The second kappa shape index (κ2) is 11.5. The Hall–Kier alpha value is -3.07. The Balaban J connectivity index is 2.96. The fraction of sp³-hybridized carbons (Fsp3) is 0.167. The standard InChI is InChI=1S/C24H18F3NO2S2/c1-16(29)31-14-12-18(20-8-4-6-10-22(20)24(25,26)27)19(13-15-32-17(2)30)21-9-5-7-11-23(21)28-3/h4-11,28H,1-3H3/b19-18+. The Bertz CT molecular complexity index is 1180. The van der Waals surface area contributed by atoms with Crippen LogP contribution in [-0.2, 0) is 15.8 Å². The van der Waals surface area contributed by atoms with Crippen molar-refractivity contribution in [3.05, 3.63) is 65.2 Å². The van der Waals surface area contributed by atoms with Gasteiger partial charge in [0.05, 0.1) is 11.1 Å². The monoisotopic (exact) mass is 473 g/mol. The average Bonchev–Trinajstić information content (AvgIpc) is 2.74. The summed E-state index contributed by atoms with van der Waals surface area (Å²) in [5, 5.41) is 7.67. The molecule has 2 rings (SSSR count). The van der Waals surface area contributed by atoms with Crippen molar-refractivity contribution in [1.82, 2.24) is 0 Å². The summed E-state index contributed by atoms with van der Waals surface area (Å²) in [6.07, 6.45) is -4.63. The highest BCUT2D eigenvalue weighted by Gasteiger charge is 2.34. The number of para-hydroxylation sites is 1. The van der Waals surface area contributed by atoms with Crippen molar-refractivity contribution in [3.63, 3.8) is 0 Å². The van der Waals surface area contributed by atoms with Gasteiger partial charge in [-0.3, -0.25) is 9.59 Å². The molecule has 0 heterocycles. The lowest BCUT2D eigenvalue weighted by molar-refractivity contribution is -0.137. The lowest BCUT2D eigenvalue weighted by Gasteiger charge is -2.16. The zero-order valence-electron chi connectivity index (χ0n) is 17.4. The molecule has 0 fully saturated rings. The minimum absolute atomic E-state index is 0.00558. The van der Waals surface area contributed by atoms with Gasteiger partial charge in [-0.25, -0.2) is 0 Å². The van der Waals surface area contributed by atoms with Gasteiger partial charge in [0.2, 0.25) is 0 Å². The number of carbonyl (C=O) groups excluding carboxylic acids is 2. The Kier molecular flexibility index (Phi) is 9.07. The normalized spacial score (nSPS) is 11.3. The Morgan fingerprint density at radius 2 is 1.28 bits per heavy atom. The van der Waals surface area contributed by atoms with Crippen molar-refractivity contribution in [1.29, 1.82) is 0 Å². The van der Waals surface area contributed by atoms with Crippen LogP contribution in [0.15, 0.2) is 48.5 Å². The molecule has 0 bridgehead atoms. The van der Waals surface area contributed by atoms with Gasteiger partial charge in [0, 0.05) is 66.8 Å². The molecule has 2 aromatic carbocycles. The number of hydrogen-bond acceptors (Lipinski definition) is 5. The summed E-state index contributed by atoms with van der Waals surface area (Å²) >= 11 is 1.41. The maximum absolute atomic E-state index is 13.8. The number of benzene rings is 2. The fourth-order valence-corrected chi connectivity index (χ4v) is 3.29. The largest absolute Gasteiger partial charge is 0.417 e. The molecular formula is C24H18F3NO2S2. The van der Waals surface area contributed by atoms with Gasteiger partial charge in [0.25, 0.3) is 0 Å². The first-order chi connectivity index (χ1) is 15.1. The SMILES string of the molecule is CNc1ccccc1/C(C#CSC(C)=O)=C(\C#CSC(C)=O)c1ccccc1C(F)(F)F. The number of hydrogen-bond donors (Lipinski definition) is 1. The van der Waals surface area contributed by atoms with Crippen molar-refractivity contribution < 1.29 is 22.8 Å². The Labute approximate surface area is 193 Å². The van der Waals surface area contributed by atoms with Gasteiger partial charge in [-0.15, -0.1) is 0 Å². The molecule has 0 unspecified atom stereocenters. The molecule has 8 heteroatoms. The molecule has 164 valence electrons. The molecule has 0 aliphatic carbocycles. The lowest BCUT2D eigenvalue weighted by atomic mass is 9.91. The zero-order chi connectivity index (χ0) is 23.7. The number of thioether (sulfide) groups is 2. The van der Waals surface area contributed by atoms with E-state index >= 15 is 0 Å². The first kappa shape index (κ1) is 25.2. The zero-order valence-corrected chi connectivity index (χ0v) is 19.0. The van der Waals surface area contributed by atoms with Gasteiger partial charge >= 0.3 is 6.18 Å². The van der Waals surface area contributed by atoms with Gasteiger partial charge in [-0.05, 0) is 22.6 Å². The van der Waals surface area contributed by atoms with Gasteiger partial charge < -0.3 is 5.32 Å². The molecule has 1 N–H and O–H groups in total. The van der Waals surface area contributed by atoms with E-state index in [0.717, 1.165) is 17.8 Å². The van der Waals surface area contributed by atoms with Gasteiger partial charge in [0.1, 0.15) is 0 Å². The first-order valence-electron chi connectivity index (χ1n) is 9.20. The topological polar surface area (TPSA) is 46.2 Å². The molecule has 0 spiro atoms. The van der Waals surface area contributed by atoms with Crippen LogP contribution in [0.25, 0.3) is 11.1 Å². The molecule has 32 heavy (non-hydrogen) atoms. The summed E-state index contributed by atoms with van der Waals surface area (Å²) < 4.78 is 41.4. The van der Waals surface area contributed by atoms with Crippen LogP contribution in [0.4, 0.5) is 18.9 Å². The van der Waals surface area contributed by atoms with Crippen LogP contribution in [0.5, 0.6) is 0 Å². The van der Waals surface area contributed by atoms with Crippen molar-refractivity contribution >= 4 is 50.6 Å². The molecule has 0 aliphatic rings. The van der Waals surface area contributed by atoms with Crippen molar-refractivity contribution in [2.24, 2.45) is 0 Å². The molecule has 2 aromatic rings. The fourth-order valence-electron chi connectivity index (χ4n) is 2.69. The molecule has 0 aromatic heterocycles. The Morgan fingerprint density at radius 1 is 0.812 bits per heavy atom. The number of allylic oxidation sites excluding steroid dienone is 2. The van der Waals surface area contributed by atoms with Crippen LogP contribution in [0, 0.1) is 22.3 Å². The number of carbonyl (C=O) groups is 2. The first-order valence-corrected chi connectivity index (χ1v) is 10.8. The molecule has 0 saturated carbocycles. The van der Waals surface area contributed by atoms with E-state index in [1.54, 1.807) is 31.3 Å². The highest BCUT2D eigenvalue weighted by molar-refractivity contribution is 8.17. The van der Waals surface area contributed by atoms with Gasteiger partial charge in [-0.2, -0.15) is 13.2 Å². The predicted molar refractivity (Wildman–Crippen MR) is 126 cm³/mol. The molecule has 3 nitrogen and oxygen atoms in total. The van der Waals surface area contributed by atoms with E-state index in [1.807, 2.05) is 0 Å². The minimum atomic E-state index is -4.63. The van der Waals surface area contributed by atoms with Crippen LogP contribution in [0.1, 0.15) is 30.5 Å². The minimum Gasteiger partial charge on any atom is -0.388 e. The van der Waals surface area contributed by atoms with E-state index in [2.05, 4.69) is 27.7 Å². The molecule has 0 amide bonds. The quantitative estimate of drug-likeness (QED) is 0.429. The van der Waals surface area contributed by atoms with E-state index < -0.39 is 11.7 Å².